The molecule has 4 heterocycles. The lowest BCUT2D eigenvalue weighted by atomic mass is 10.1. The van der Waals surface area contributed by atoms with Crippen molar-refractivity contribution in [1.82, 2.24) is 30.1 Å². The van der Waals surface area contributed by atoms with Crippen molar-refractivity contribution in [1.29, 1.82) is 0 Å². The highest BCUT2D eigenvalue weighted by atomic mass is 32.1. The number of hydrogen-bond donors (Lipinski definition) is 1. The summed E-state index contributed by atoms with van der Waals surface area (Å²) in [7, 11) is 3.16. The maximum Gasteiger partial charge on any atom is 0.252 e. The van der Waals surface area contributed by atoms with E-state index in [1.807, 2.05) is 35.7 Å². The minimum Gasteiger partial charge on any atom is -0.493 e. The summed E-state index contributed by atoms with van der Waals surface area (Å²) in [6.45, 7) is 1.94. The second-order valence-corrected chi connectivity index (χ2v) is 9.01. The molecule has 1 aromatic carbocycles. The van der Waals surface area contributed by atoms with Crippen molar-refractivity contribution >= 4 is 22.2 Å². The van der Waals surface area contributed by atoms with Crippen LogP contribution in [-0.2, 0) is 26.2 Å². The van der Waals surface area contributed by atoms with Gasteiger partial charge in [0.1, 0.15) is 12.3 Å². The number of methoxy groups -OCH3 is 2. The van der Waals surface area contributed by atoms with Gasteiger partial charge < -0.3 is 18.9 Å². The molecule has 11 heteroatoms. The Morgan fingerprint density at radius 3 is 2.69 bits per heavy atom. The number of aromatic amines is 1. The number of tetrazole rings is 1. The summed E-state index contributed by atoms with van der Waals surface area (Å²) < 4.78 is 18.0. The van der Waals surface area contributed by atoms with Gasteiger partial charge in [0.05, 0.1) is 32.5 Å². The van der Waals surface area contributed by atoms with E-state index in [4.69, 9.17) is 13.9 Å². The molecular weight excluding hydrogens is 468 g/mol. The van der Waals surface area contributed by atoms with Gasteiger partial charge in [0.25, 0.3) is 5.56 Å². The van der Waals surface area contributed by atoms with Gasteiger partial charge in [0.15, 0.2) is 17.3 Å². The Balaban J connectivity index is 1.45. The van der Waals surface area contributed by atoms with E-state index < -0.39 is 0 Å². The second-order valence-electron chi connectivity index (χ2n) is 7.97. The van der Waals surface area contributed by atoms with Crippen LogP contribution < -0.4 is 15.0 Å². The standard InChI is InChI=1S/C24H24N6O4S/c1-32-21-10-16-9-17(24(31)25-20(16)11-22(21)33-2)12-29(14-19-6-4-8-35-19)15-23-26-27-28-30(23)13-18-5-3-7-34-18/h3-11H,12-15H2,1-2H3,(H,25,31). The van der Waals surface area contributed by atoms with Crippen molar-refractivity contribution in [2.45, 2.75) is 26.2 Å². The number of aromatic nitrogens is 5. The number of pyridine rings is 1. The normalized spacial score (nSPS) is 11.4. The SMILES string of the molecule is COc1cc2cc(CN(Cc3cccs3)Cc3nnnn3Cc3ccco3)c(=O)[nH]c2cc1OC. The van der Waals surface area contributed by atoms with Gasteiger partial charge in [-0.2, -0.15) is 0 Å². The molecule has 0 atom stereocenters. The molecule has 35 heavy (non-hydrogen) atoms. The first-order valence-electron chi connectivity index (χ1n) is 10.9. The first kappa shape index (κ1) is 22.8. The summed E-state index contributed by atoms with van der Waals surface area (Å²) in [6, 6.07) is 13.3. The van der Waals surface area contributed by atoms with Gasteiger partial charge in [-0.05, 0) is 46.1 Å². The van der Waals surface area contributed by atoms with Crippen LogP contribution in [0.25, 0.3) is 10.9 Å². The molecule has 0 saturated heterocycles. The van der Waals surface area contributed by atoms with Crippen molar-refractivity contribution in [3.63, 3.8) is 0 Å². The fourth-order valence-corrected chi connectivity index (χ4v) is 4.68. The third kappa shape index (κ3) is 5.10. The van der Waals surface area contributed by atoms with Crippen LogP contribution in [0, 0.1) is 0 Å². The highest BCUT2D eigenvalue weighted by Crippen LogP contribution is 2.31. The maximum atomic E-state index is 13.0. The average molecular weight is 493 g/mol. The third-order valence-electron chi connectivity index (χ3n) is 5.64. The topological polar surface area (TPSA) is 111 Å². The summed E-state index contributed by atoms with van der Waals surface area (Å²) in [4.78, 5) is 19.3. The fourth-order valence-electron chi connectivity index (χ4n) is 3.94. The minimum absolute atomic E-state index is 0.156. The molecule has 0 amide bonds. The Hall–Kier alpha value is -3.96. The number of nitrogens with zero attached hydrogens (tertiary/aromatic N) is 5. The summed E-state index contributed by atoms with van der Waals surface area (Å²) in [6.07, 6.45) is 1.62. The van der Waals surface area contributed by atoms with Crippen LogP contribution in [0.2, 0.25) is 0 Å². The number of ether oxygens (including phenoxy) is 2. The molecule has 0 spiro atoms. The lowest BCUT2D eigenvalue weighted by Gasteiger charge is -2.21. The van der Waals surface area contributed by atoms with Crippen LogP contribution in [0.3, 0.4) is 0 Å². The van der Waals surface area contributed by atoms with Gasteiger partial charge in [-0.15, -0.1) is 16.4 Å². The Morgan fingerprint density at radius 1 is 1.09 bits per heavy atom. The molecule has 0 aliphatic rings. The summed E-state index contributed by atoms with van der Waals surface area (Å²) in [5.41, 5.74) is 1.16. The van der Waals surface area contributed by atoms with Crippen molar-refractivity contribution in [2.75, 3.05) is 14.2 Å². The van der Waals surface area contributed by atoms with Crippen LogP contribution in [0.4, 0.5) is 0 Å². The molecule has 10 nitrogen and oxygen atoms in total. The number of hydrogen-bond acceptors (Lipinski definition) is 9. The minimum atomic E-state index is -0.156. The van der Waals surface area contributed by atoms with Crippen LogP contribution >= 0.6 is 11.3 Å². The number of thiophene rings is 1. The van der Waals surface area contributed by atoms with Gasteiger partial charge in [-0.1, -0.05) is 6.07 Å². The van der Waals surface area contributed by atoms with Gasteiger partial charge in [-0.3, -0.25) is 9.69 Å². The van der Waals surface area contributed by atoms with Gasteiger partial charge >= 0.3 is 0 Å². The Morgan fingerprint density at radius 2 is 1.94 bits per heavy atom. The van der Waals surface area contributed by atoms with Crippen molar-refractivity contribution in [2.24, 2.45) is 0 Å². The zero-order valence-corrected chi connectivity index (χ0v) is 20.1. The van der Waals surface area contributed by atoms with E-state index in [9.17, 15) is 4.79 Å². The predicted octanol–water partition coefficient (Wildman–Crippen LogP) is 3.44. The molecule has 5 aromatic rings. The lowest BCUT2D eigenvalue weighted by Crippen LogP contribution is -2.27. The van der Waals surface area contributed by atoms with Crippen molar-refractivity contribution < 1.29 is 13.9 Å². The molecule has 4 aromatic heterocycles. The lowest BCUT2D eigenvalue weighted by molar-refractivity contribution is 0.237. The fraction of sp³-hybridized carbons (Fsp3) is 0.250. The quantitative estimate of drug-likeness (QED) is 0.316. The van der Waals surface area contributed by atoms with Crippen molar-refractivity contribution in [3.05, 3.63) is 86.5 Å². The molecule has 0 bridgehead atoms. The molecule has 180 valence electrons. The first-order chi connectivity index (χ1) is 17.1. The Kier molecular flexibility index (Phi) is 6.59. The maximum absolute atomic E-state index is 13.0. The zero-order valence-electron chi connectivity index (χ0n) is 19.3. The van der Waals surface area contributed by atoms with E-state index in [-0.39, 0.29) is 5.56 Å². The van der Waals surface area contributed by atoms with E-state index in [1.54, 1.807) is 42.6 Å². The summed E-state index contributed by atoms with van der Waals surface area (Å²) in [5, 5.41) is 15.1. The van der Waals surface area contributed by atoms with E-state index in [0.29, 0.717) is 54.6 Å². The molecule has 0 aliphatic heterocycles. The highest BCUT2D eigenvalue weighted by Gasteiger charge is 2.17. The van der Waals surface area contributed by atoms with E-state index >= 15 is 0 Å². The number of benzene rings is 1. The summed E-state index contributed by atoms with van der Waals surface area (Å²) in [5.74, 6) is 2.61. The molecule has 0 aliphatic carbocycles. The van der Waals surface area contributed by atoms with Gasteiger partial charge in [-0.25, -0.2) is 4.68 Å². The van der Waals surface area contributed by atoms with Crippen LogP contribution in [0.15, 0.2) is 63.3 Å². The van der Waals surface area contributed by atoms with Crippen molar-refractivity contribution in [3.8, 4) is 11.5 Å². The van der Waals surface area contributed by atoms with E-state index in [0.717, 1.165) is 11.1 Å². The van der Waals surface area contributed by atoms with Gasteiger partial charge in [0.2, 0.25) is 0 Å². The highest BCUT2D eigenvalue weighted by molar-refractivity contribution is 7.09. The number of furan rings is 1. The third-order valence-corrected chi connectivity index (χ3v) is 6.50. The molecular formula is C24H24N6O4S. The Bertz CT molecular complexity index is 1460. The molecule has 1 N–H and O–H groups in total. The summed E-state index contributed by atoms with van der Waals surface area (Å²) >= 11 is 1.67. The molecule has 0 unspecified atom stereocenters. The Labute approximate surface area is 204 Å². The average Bonchev–Trinajstić information content (AvgIpc) is 3.64. The van der Waals surface area contributed by atoms with Crippen LogP contribution in [0.1, 0.15) is 22.0 Å². The largest absolute Gasteiger partial charge is 0.493 e. The molecule has 0 fully saturated rings. The number of H-pyrrole nitrogens is 1. The molecule has 0 radical (unpaired) electrons. The second kappa shape index (κ2) is 10.1. The predicted molar refractivity (Wildman–Crippen MR) is 131 cm³/mol. The number of fused-ring (bicyclic) bond motifs is 1. The van der Waals surface area contributed by atoms with E-state index in [2.05, 4.69) is 31.5 Å². The number of nitrogens with one attached hydrogen (secondary N) is 1. The monoisotopic (exact) mass is 492 g/mol. The zero-order chi connectivity index (χ0) is 24.2. The van der Waals surface area contributed by atoms with Gasteiger partial charge in [0, 0.05) is 35.0 Å². The smallest absolute Gasteiger partial charge is 0.252 e. The van der Waals surface area contributed by atoms with Crippen LogP contribution in [0.5, 0.6) is 11.5 Å². The molecule has 0 saturated carbocycles. The number of rotatable bonds is 10. The molecule has 5 rings (SSSR count). The van der Waals surface area contributed by atoms with E-state index in [1.165, 1.54) is 4.88 Å². The van der Waals surface area contributed by atoms with Crippen LogP contribution in [-0.4, -0.2) is 44.3 Å². The first-order valence-corrected chi connectivity index (χ1v) is 11.8.